The number of likely N-dealkylation sites (N-methyl/N-ethyl adjacent to an activating group) is 1. The van der Waals surface area contributed by atoms with E-state index in [0.29, 0.717) is 6.04 Å². The zero-order chi connectivity index (χ0) is 13.0. The molecule has 0 spiro atoms. The second-order valence-electron chi connectivity index (χ2n) is 4.87. The van der Waals surface area contributed by atoms with Crippen molar-refractivity contribution in [1.82, 2.24) is 15.2 Å². The summed E-state index contributed by atoms with van der Waals surface area (Å²) < 4.78 is 5.93. The number of hydrogen-bond acceptors (Lipinski definition) is 5. The molecule has 4 nitrogen and oxygen atoms in total. The summed E-state index contributed by atoms with van der Waals surface area (Å²) in [7, 11) is 2.16. The van der Waals surface area contributed by atoms with Gasteiger partial charge in [0.15, 0.2) is 0 Å². The zero-order valence-electron chi connectivity index (χ0n) is 11.5. The molecule has 0 bridgehead atoms. The van der Waals surface area contributed by atoms with Gasteiger partial charge in [0.1, 0.15) is 5.01 Å². The Hall–Kier alpha value is -0.490. The van der Waals surface area contributed by atoms with Crippen molar-refractivity contribution in [2.24, 2.45) is 0 Å². The summed E-state index contributed by atoms with van der Waals surface area (Å²) in [6.07, 6.45) is 1.37. The van der Waals surface area contributed by atoms with E-state index in [1.54, 1.807) is 11.3 Å². The normalized spacial score (nSPS) is 25.5. The number of nitrogens with zero attached hydrogens (tertiary/aromatic N) is 2. The van der Waals surface area contributed by atoms with Crippen molar-refractivity contribution >= 4 is 11.3 Å². The highest BCUT2D eigenvalue weighted by Crippen LogP contribution is 2.30. The maximum absolute atomic E-state index is 5.93. The first kappa shape index (κ1) is 13.9. The third-order valence-electron chi connectivity index (χ3n) is 3.27. The first-order valence-electron chi connectivity index (χ1n) is 6.67. The molecule has 2 unspecified atom stereocenters. The van der Waals surface area contributed by atoms with E-state index in [-0.39, 0.29) is 6.10 Å². The summed E-state index contributed by atoms with van der Waals surface area (Å²) in [6, 6.07) is 0.293. The lowest BCUT2D eigenvalue weighted by Gasteiger charge is -2.38. The lowest BCUT2D eigenvalue weighted by atomic mass is 10.1. The number of aryl methyl sites for hydroxylation is 1. The van der Waals surface area contributed by atoms with Gasteiger partial charge in [-0.05, 0) is 26.9 Å². The average Bonchev–Trinajstić information content (AvgIpc) is 2.76. The van der Waals surface area contributed by atoms with Crippen molar-refractivity contribution in [1.29, 1.82) is 0 Å². The Morgan fingerprint density at radius 1 is 1.61 bits per heavy atom. The van der Waals surface area contributed by atoms with E-state index in [4.69, 9.17) is 4.74 Å². The maximum atomic E-state index is 5.93. The van der Waals surface area contributed by atoms with Crippen molar-refractivity contribution in [2.45, 2.75) is 32.4 Å². The van der Waals surface area contributed by atoms with Crippen LogP contribution in [0.1, 0.15) is 30.1 Å². The van der Waals surface area contributed by atoms with Crippen LogP contribution >= 0.6 is 11.3 Å². The van der Waals surface area contributed by atoms with Crippen molar-refractivity contribution in [3.8, 4) is 0 Å². The van der Waals surface area contributed by atoms with E-state index in [1.807, 2.05) is 6.92 Å². The first-order chi connectivity index (χ1) is 8.72. The third-order valence-corrected chi connectivity index (χ3v) is 4.30. The number of ether oxygens (including phenoxy) is 1. The predicted molar refractivity (Wildman–Crippen MR) is 75.1 cm³/mol. The molecule has 102 valence electrons. The molecule has 18 heavy (non-hydrogen) atoms. The van der Waals surface area contributed by atoms with Crippen LogP contribution in [0.3, 0.4) is 0 Å². The molecule has 0 aromatic carbocycles. The fourth-order valence-corrected chi connectivity index (χ4v) is 3.32. The van der Waals surface area contributed by atoms with Gasteiger partial charge in [0.25, 0.3) is 0 Å². The van der Waals surface area contributed by atoms with Gasteiger partial charge in [-0.3, -0.25) is 4.90 Å². The van der Waals surface area contributed by atoms with E-state index >= 15 is 0 Å². The van der Waals surface area contributed by atoms with Crippen LogP contribution in [0, 0.1) is 6.92 Å². The molecule has 1 aliphatic heterocycles. The van der Waals surface area contributed by atoms with E-state index in [2.05, 4.69) is 34.6 Å². The van der Waals surface area contributed by atoms with E-state index in [9.17, 15) is 0 Å². The lowest BCUT2D eigenvalue weighted by molar-refractivity contribution is -0.0613. The van der Waals surface area contributed by atoms with Crippen LogP contribution in [0.15, 0.2) is 5.38 Å². The van der Waals surface area contributed by atoms with Crippen LogP contribution in [0.25, 0.3) is 0 Å². The number of thiazole rings is 1. The molecular weight excluding hydrogens is 246 g/mol. The van der Waals surface area contributed by atoms with Gasteiger partial charge in [-0.15, -0.1) is 11.3 Å². The minimum atomic E-state index is 0.209. The van der Waals surface area contributed by atoms with Crippen LogP contribution in [0.4, 0.5) is 0 Å². The first-order valence-corrected chi connectivity index (χ1v) is 7.55. The molecule has 0 radical (unpaired) electrons. The number of nitrogens with one attached hydrogen (secondary N) is 1. The Labute approximate surface area is 113 Å². The maximum Gasteiger partial charge on any atom is 0.113 e. The average molecular weight is 269 g/mol. The van der Waals surface area contributed by atoms with Gasteiger partial charge in [0.2, 0.25) is 0 Å². The van der Waals surface area contributed by atoms with Crippen LogP contribution in [-0.4, -0.2) is 49.3 Å². The summed E-state index contributed by atoms with van der Waals surface area (Å²) in [5.41, 5.74) is 1.11. The smallest absolute Gasteiger partial charge is 0.113 e. The number of rotatable bonds is 5. The van der Waals surface area contributed by atoms with Crippen molar-refractivity contribution in [2.75, 3.05) is 33.3 Å². The minimum Gasteiger partial charge on any atom is -0.373 e. The lowest BCUT2D eigenvalue weighted by Crippen LogP contribution is -2.47. The Bertz CT molecular complexity index is 369. The van der Waals surface area contributed by atoms with Crippen molar-refractivity contribution in [3.63, 3.8) is 0 Å². The monoisotopic (exact) mass is 269 g/mol. The Morgan fingerprint density at radius 2 is 2.44 bits per heavy atom. The molecule has 5 heteroatoms. The van der Waals surface area contributed by atoms with Gasteiger partial charge in [0, 0.05) is 24.2 Å². The molecule has 1 fully saturated rings. The molecule has 1 aromatic rings. The molecule has 1 N–H and O–H groups in total. The standard InChI is InChI=1S/C13H23N3OS/c1-4-5-14-8-11-12(16(3)6-7-17-11)13-15-10(2)9-18-13/h9,11-12,14H,4-8H2,1-3H3. The van der Waals surface area contributed by atoms with E-state index in [0.717, 1.165) is 38.4 Å². The molecule has 2 rings (SSSR count). The largest absolute Gasteiger partial charge is 0.373 e. The van der Waals surface area contributed by atoms with Gasteiger partial charge in [0.05, 0.1) is 18.8 Å². The number of hydrogen-bond donors (Lipinski definition) is 1. The summed E-state index contributed by atoms with van der Waals surface area (Å²) in [5.74, 6) is 0. The van der Waals surface area contributed by atoms with Crippen LogP contribution in [0.5, 0.6) is 0 Å². The topological polar surface area (TPSA) is 37.4 Å². The Kier molecular flexibility index (Phi) is 5.12. The quantitative estimate of drug-likeness (QED) is 0.828. The molecule has 0 saturated carbocycles. The SMILES string of the molecule is CCCNCC1OCCN(C)C1c1nc(C)cs1. The van der Waals surface area contributed by atoms with Gasteiger partial charge in [-0.25, -0.2) is 4.98 Å². The van der Waals surface area contributed by atoms with Gasteiger partial charge >= 0.3 is 0 Å². The Morgan fingerprint density at radius 3 is 3.11 bits per heavy atom. The van der Waals surface area contributed by atoms with Gasteiger partial charge in [-0.2, -0.15) is 0 Å². The molecule has 0 amide bonds. The summed E-state index contributed by atoms with van der Waals surface area (Å²) in [5, 5.41) is 6.76. The summed E-state index contributed by atoms with van der Waals surface area (Å²) >= 11 is 1.74. The third kappa shape index (κ3) is 3.29. The van der Waals surface area contributed by atoms with E-state index in [1.165, 1.54) is 5.01 Å². The van der Waals surface area contributed by atoms with Crippen LogP contribution < -0.4 is 5.32 Å². The number of morpholine rings is 1. The highest BCUT2D eigenvalue weighted by molar-refractivity contribution is 7.09. The van der Waals surface area contributed by atoms with Crippen molar-refractivity contribution in [3.05, 3.63) is 16.1 Å². The van der Waals surface area contributed by atoms with Gasteiger partial charge in [-0.1, -0.05) is 6.92 Å². The predicted octanol–water partition coefficient (Wildman–Crippen LogP) is 1.82. The highest BCUT2D eigenvalue weighted by Gasteiger charge is 2.33. The van der Waals surface area contributed by atoms with Crippen molar-refractivity contribution < 1.29 is 4.74 Å². The number of aromatic nitrogens is 1. The Balaban J connectivity index is 2.05. The van der Waals surface area contributed by atoms with Gasteiger partial charge < -0.3 is 10.1 Å². The zero-order valence-corrected chi connectivity index (χ0v) is 12.3. The minimum absolute atomic E-state index is 0.209. The molecule has 1 aromatic heterocycles. The van der Waals surface area contributed by atoms with Crippen LogP contribution in [-0.2, 0) is 4.74 Å². The second kappa shape index (κ2) is 6.61. The molecule has 2 atom stereocenters. The molecule has 1 saturated heterocycles. The molecule has 2 heterocycles. The second-order valence-corrected chi connectivity index (χ2v) is 5.76. The highest BCUT2D eigenvalue weighted by atomic mass is 32.1. The summed E-state index contributed by atoms with van der Waals surface area (Å²) in [4.78, 5) is 6.99. The summed E-state index contributed by atoms with van der Waals surface area (Å²) in [6.45, 7) is 7.98. The fraction of sp³-hybridized carbons (Fsp3) is 0.769. The molecular formula is C13H23N3OS. The fourth-order valence-electron chi connectivity index (χ4n) is 2.31. The molecule has 0 aliphatic carbocycles. The molecule has 1 aliphatic rings. The van der Waals surface area contributed by atoms with Crippen LogP contribution in [0.2, 0.25) is 0 Å². The van der Waals surface area contributed by atoms with E-state index < -0.39 is 0 Å².